The zero-order valence-corrected chi connectivity index (χ0v) is 13.7. The van der Waals surface area contributed by atoms with Gasteiger partial charge in [0.05, 0.1) is 0 Å². The van der Waals surface area contributed by atoms with Gasteiger partial charge in [0.15, 0.2) is 0 Å². The van der Waals surface area contributed by atoms with Crippen molar-refractivity contribution in [3.63, 3.8) is 0 Å². The molecule has 1 aliphatic rings. The number of nitrogens with zero attached hydrogens (tertiary/aromatic N) is 2. The summed E-state index contributed by atoms with van der Waals surface area (Å²) in [4.78, 5) is 15.0. The highest BCUT2D eigenvalue weighted by atomic mass is 16.2. The van der Waals surface area contributed by atoms with Gasteiger partial charge < -0.3 is 9.47 Å². The Labute approximate surface area is 142 Å². The predicted molar refractivity (Wildman–Crippen MR) is 95.3 cm³/mol. The number of hydrogen-bond acceptors (Lipinski definition) is 1. The molecule has 1 atom stereocenters. The Morgan fingerprint density at radius 1 is 0.958 bits per heavy atom. The summed E-state index contributed by atoms with van der Waals surface area (Å²) in [5, 5.41) is 0. The number of benzene rings is 2. The number of aromatic nitrogens is 1. The molecule has 3 nitrogen and oxygen atoms in total. The van der Waals surface area contributed by atoms with Crippen molar-refractivity contribution >= 4 is 5.91 Å². The van der Waals surface area contributed by atoms with E-state index in [1.165, 1.54) is 11.1 Å². The van der Waals surface area contributed by atoms with Gasteiger partial charge in [-0.15, -0.1) is 0 Å². The minimum absolute atomic E-state index is 0.103. The molecule has 0 saturated carbocycles. The first kappa shape index (κ1) is 14.8. The second-order valence-corrected chi connectivity index (χ2v) is 6.40. The van der Waals surface area contributed by atoms with E-state index in [0.717, 1.165) is 17.7 Å². The standard InChI is InChI=1S/C21H20N2O/c1-16-13-17-7-2-3-8-19(17)15-23(16)21(24)18-9-6-10-20(14-18)22-11-4-5-12-22/h2-12,14,16H,13,15H2,1H3. The summed E-state index contributed by atoms with van der Waals surface area (Å²) >= 11 is 0. The lowest BCUT2D eigenvalue weighted by Gasteiger charge is -2.35. The first-order valence-electron chi connectivity index (χ1n) is 8.33. The zero-order valence-electron chi connectivity index (χ0n) is 13.7. The van der Waals surface area contributed by atoms with Crippen LogP contribution in [0.4, 0.5) is 0 Å². The smallest absolute Gasteiger partial charge is 0.254 e. The molecule has 2 aromatic carbocycles. The molecule has 1 aliphatic heterocycles. The molecule has 2 heterocycles. The van der Waals surface area contributed by atoms with Crippen molar-refractivity contribution in [2.45, 2.75) is 25.9 Å². The van der Waals surface area contributed by atoms with Crippen LogP contribution in [-0.2, 0) is 13.0 Å². The van der Waals surface area contributed by atoms with Gasteiger partial charge in [-0.05, 0) is 54.8 Å². The van der Waals surface area contributed by atoms with Gasteiger partial charge in [-0.3, -0.25) is 4.79 Å². The van der Waals surface area contributed by atoms with E-state index in [0.29, 0.717) is 6.54 Å². The average molecular weight is 316 g/mol. The van der Waals surface area contributed by atoms with Crippen molar-refractivity contribution in [1.29, 1.82) is 0 Å². The minimum atomic E-state index is 0.103. The molecule has 0 bridgehead atoms. The van der Waals surface area contributed by atoms with Crippen LogP contribution < -0.4 is 0 Å². The highest BCUT2D eigenvalue weighted by molar-refractivity contribution is 5.95. The summed E-state index contributed by atoms with van der Waals surface area (Å²) in [6, 6.07) is 20.4. The van der Waals surface area contributed by atoms with Crippen LogP contribution >= 0.6 is 0 Å². The molecule has 3 heteroatoms. The van der Waals surface area contributed by atoms with Crippen LogP contribution in [0.3, 0.4) is 0 Å². The normalized spacial score (nSPS) is 16.7. The summed E-state index contributed by atoms with van der Waals surface area (Å²) in [5.74, 6) is 0.103. The van der Waals surface area contributed by atoms with E-state index in [2.05, 4.69) is 25.1 Å². The quantitative estimate of drug-likeness (QED) is 0.700. The molecule has 0 N–H and O–H groups in total. The number of fused-ring (bicyclic) bond motifs is 1. The van der Waals surface area contributed by atoms with Crippen LogP contribution in [0.25, 0.3) is 5.69 Å². The summed E-state index contributed by atoms with van der Waals surface area (Å²) in [6.45, 7) is 2.81. The summed E-state index contributed by atoms with van der Waals surface area (Å²) in [5.41, 5.74) is 4.36. The maximum atomic E-state index is 13.1. The molecule has 3 aromatic rings. The fourth-order valence-electron chi connectivity index (χ4n) is 3.42. The number of carbonyl (C=O) groups is 1. The molecule has 0 saturated heterocycles. The Bertz CT molecular complexity index is 867. The highest BCUT2D eigenvalue weighted by Crippen LogP contribution is 2.25. The Hall–Kier alpha value is -2.81. The minimum Gasteiger partial charge on any atom is -0.331 e. The van der Waals surface area contributed by atoms with Crippen LogP contribution in [0.2, 0.25) is 0 Å². The second kappa shape index (κ2) is 6.00. The van der Waals surface area contributed by atoms with Crippen LogP contribution in [0.1, 0.15) is 28.4 Å². The molecule has 0 spiro atoms. The predicted octanol–water partition coefficient (Wildman–Crippen LogP) is 4.06. The van der Waals surface area contributed by atoms with Crippen LogP contribution in [0, 0.1) is 0 Å². The zero-order chi connectivity index (χ0) is 16.5. The number of carbonyl (C=O) groups excluding carboxylic acids is 1. The van der Waals surface area contributed by atoms with Crippen molar-refractivity contribution in [3.8, 4) is 5.69 Å². The molecule has 4 rings (SSSR count). The van der Waals surface area contributed by atoms with E-state index < -0.39 is 0 Å². The largest absolute Gasteiger partial charge is 0.331 e. The molecular weight excluding hydrogens is 296 g/mol. The van der Waals surface area contributed by atoms with Crippen LogP contribution in [0.15, 0.2) is 73.1 Å². The fourth-order valence-corrected chi connectivity index (χ4v) is 3.42. The molecule has 1 unspecified atom stereocenters. The van der Waals surface area contributed by atoms with E-state index >= 15 is 0 Å². The lowest BCUT2D eigenvalue weighted by molar-refractivity contribution is 0.0658. The summed E-state index contributed by atoms with van der Waals surface area (Å²) in [6.07, 6.45) is 4.89. The van der Waals surface area contributed by atoms with Crippen molar-refractivity contribution < 1.29 is 4.79 Å². The van der Waals surface area contributed by atoms with E-state index in [4.69, 9.17) is 0 Å². The number of hydrogen-bond donors (Lipinski definition) is 0. The Morgan fingerprint density at radius 3 is 2.50 bits per heavy atom. The van der Waals surface area contributed by atoms with Crippen molar-refractivity contribution in [3.05, 3.63) is 89.7 Å². The van der Waals surface area contributed by atoms with Crippen LogP contribution in [0.5, 0.6) is 0 Å². The third-order valence-electron chi connectivity index (χ3n) is 4.76. The lowest BCUT2D eigenvalue weighted by Crippen LogP contribution is -2.42. The molecule has 0 aliphatic carbocycles. The molecule has 1 amide bonds. The maximum absolute atomic E-state index is 13.1. The SMILES string of the molecule is CC1Cc2ccccc2CN1C(=O)c1cccc(-n2cccc2)c1. The Kier molecular flexibility index (Phi) is 3.69. The average Bonchev–Trinajstić information content (AvgIpc) is 3.15. The third-order valence-corrected chi connectivity index (χ3v) is 4.76. The van der Waals surface area contributed by atoms with Crippen molar-refractivity contribution in [2.24, 2.45) is 0 Å². The summed E-state index contributed by atoms with van der Waals surface area (Å²) < 4.78 is 2.02. The van der Waals surface area contributed by atoms with Gasteiger partial charge in [0.25, 0.3) is 5.91 Å². The van der Waals surface area contributed by atoms with E-state index in [1.807, 2.05) is 64.3 Å². The topological polar surface area (TPSA) is 25.2 Å². The second-order valence-electron chi connectivity index (χ2n) is 6.40. The van der Waals surface area contributed by atoms with Crippen molar-refractivity contribution in [1.82, 2.24) is 9.47 Å². The lowest BCUT2D eigenvalue weighted by atomic mass is 9.94. The third kappa shape index (κ3) is 2.62. The molecular formula is C21H20N2O. The first-order valence-corrected chi connectivity index (χ1v) is 8.33. The molecule has 24 heavy (non-hydrogen) atoms. The Morgan fingerprint density at radius 2 is 1.71 bits per heavy atom. The maximum Gasteiger partial charge on any atom is 0.254 e. The van der Waals surface area contributed by atoms with Gasteiger partial charge in [-0.1, -0.05) is 30.3 Å². The molecule has 1 aromatic heterocycles. The number of amides is 1. The van der Waals surface area contributed by atoms with E-state index in [-0.39, 0.29) is 11.9 Å². The van der Waals surface area contributed by atoms with Gasteiger partial charge >= 0.3 is 0 Å². The highest BCUT2D eigenvalue weighted by Gasteiger charge is 2.27. The van der Waals surface area contributed by atoms with Crippen LogP contribution in [-0.4, -0.2) is 21.4 Å². The summed E-state index contributed by atoms with van der Waals surface area (Å²) in [7, 11) is 0. The van der Waals surface area contributed by atoms with E-state index in [1.54, 1.807) is 0 Å². The molecule has 120 valence electrons. The first-order chi connectivity index (χ1) is 11.7. The fraction of sp³-hybridized carbons (Fsp3) is 0.190. The molecule has 0 radical (unpaired) electrons. The Balaban J connectivity index is 1.63. The monoisotopic (exact) mass is 316 g/mol. The van der Waals surface area contributed by atoms with Gasteiger partial charge in [-0.2, -0.15) is 0 Å². The van der Waals surface area contributed by atoms with Gasteiger partial charge in [0, 0.05) is 36.2 Å². The van der Waals surface area contributed by atoms with Gasteiger partial charge in [0.2, 0.25) is 0 Å². The van der Waals surface area contributed by atoms with Gasteiger partial charge in [0.1, 0.15) is 0 Å². The molecule has 0 fully saturated rings. The van der Waals surface area contributed by atoms with E-state index in [9.17, 15) is 4.79 Å². The number of rotatable bonds is 2. The van der Waals surface area contributed by atoms with Gasteiger partial charge in [-0.25, -0.2) is 0 Å². The van der Waals surface area contributed by atoms with Crippen molar-refractivity contribution in [2.75, 3.05) is 0 Å².